The van der Waals surface area contributed by atoms with Crippen LogP contribution < -0.4 is 5.32 Å². The van der Waals surface area contributed by atoms with Gasteiger partial charge in [0, 0.05) is 26.1 Å². The number of nitrogens with one attached hydrogen (secondary N) is 1. The summed E-state index contributed by atoms with van der Waals surface area (Å²) in [4.78, 5) is 28.7. The fourth-order valence-corrected chi connectivity index (χ4v) is 4.02. The third-order valence-corrected chi connectivity index (χ3v) is 5.52. The molecule has 2 amide bonds. The number of benzene rings is 1. The zero-order chi connectivity index (χ0) is 18.5. The van der Waals surface area contributed by atoms with Crippen molar-refractivity contribution in [2.24, 2.45) is 5.92 Å². The van der Waals surface area contributed by atoms with Crippen LogP contribution in [0, 0.1) is 5.92 Å². The number of thiophene rings is 1. The van der Waals surface area contributed by atoms with Gasteiger partial charge in [-0.3, -0.25) is 9.59 Å². The Morgan fingerprint density at radius 3 is 2.73 bits per heavy atom. The molecule has 1 saturated heterocycles. The van der Waals surface area contributed by atoms with Crippen LogP contribution in [0.5, 0.6) is 0 Å². The van der Waals surface area contributed by atoms with Crippen molar-refractivity contribution in [2.45, 2.75) is 19.0 Å². The van der Waals surface area contributed by atoms with Gasteiger partial charge in [0.25, 0.3) is 0 Å². The molecule has 3 rings (SSSR count). The lowest BCUT2D eigenvalue weighted by atomic mass is 10.1. The Morgan fingerprint density at radius 2 is 2.08 bits per heavy atom. The van der Waals surface area contributed by atoms with Gasteiger partial charge in [0.05, 0.1) is 12.0 Å². The van der Waals surface area contributed by atoms with Gasteiger partial charge in [-0.05, 0) is 42.0 Å². The van der Waals surface area contributed by atoms with Gasteiger partial charge in [-0.25, -0.2) is 0 Å². The highest BCUT2D eigenvalue weighted by molar-refractivity contribution is 7.07. The summed E-state index contributed by atoms with van der Waals surface area (Å²) in [6, 6.07) is 12.1. The van der Waals surface area contributed by atoms with Crippen molar-refractivity contribution in [2.75, 3.05) is 27.2 Å². The maximum Gasteiger partial charge on any atom is 0.225 e. The summed E-state index contributed by atoms with van der Waals surface area (Å²) in [6.07, 6.45) is 0.295. The Labute approximate surface area is 158 Å². The van der Waals surface area contributed by atoms with E-state index in [0.717, 1.165) is 5.56 Å². The molecule has 26 heavy (non-hydrogen) atoms. The summed E-state index contributed by atoms with van der Waals surface area (Å²) in [5.41, 5.74) is 2.29. The average Bonchev–Trinajstić information content (AvgIpc) is 3.26. The van der Waals surface area contributed by atoms with Gasteiger partial charge in [-0.15, -0.1) is 0 Å². The second kappa shape index (κ2) is 8.47. The molecule has 1 aliphatic rings. The molecule has 0 aliphatic carbocycles. The Balaban J connectivity index is 1.54. The van der Waals surface area contributed by atoms with Crippen molar-refractivity contribution in [1.82, 2.24) is 15.1 Å². The standard InChI is InChI=1S/C20H25N3O2S/c1-22(2)18(16-8-9-26-14-16)11-21-20(25)17-10-19(24)23(13-17)12-15-6-4-3-5-7-15/h3-9,14,17-18H,10-13H2,1-2H3,(H,21,25)/t17-,18-/m0/s1. The van der Waals surface area contributed by atoms with E-state index >= 15 is 0 Å². The Kier molecular flexibility index (Phi) is 6.06. The zero-order valence-electron chi connectivity index (χ0n) is 15.2. The predicted molar refractivity (Wildman–Crippen MR) is 104 cm³/mol. The molecule has 0 spiro atoms. The normalized spacial score (nSPS) is 18.3. The minimum absolute atomic E-state index is 0.0315. The summed E-state index contributed by atoms with van der Waals surface area (Å²) in [5.74, 6) is -0.247. The first-order valence-corrected chi connectivity index (χ1v) is 9.77. The molecular weight excluding hydrogens is 346 g/mol. The minimum atomic E-state index is -0.267. The van der Waals surface area contributed by atoms with Crippen molar-refractivity contribution in [3.63, 3.8) is 0 Å². The Morgan fingerprint density at radius 1 is 1.31 bits per heavy atom. The highest BCUT2D eigenvalue weighted by Crippen LogP contribution is 2.22. The monoisotopic (exact) mass is 371 g/mol. The van der Waals surface area contributed by atoms with Crippen LogP contribution in [0.1, 0.15) is 23.6 Å². The molecule has 1 aromatic carbocycles. The van der Waals surface area contributed by atoms with Gasteiger partial charge in [0.1, 0.15) is 0 Å². The molecule has 2 atom stereocenters. The van der Waals surface area contributed by atoms with Crippen molar-refractivity contribution >= 4 is 23.2 Å². The van der Waals surface area contributed by atoms with E-state index in [2.05, 4.69) is 21.7 Å². The van der Waals surface area contributed by atoms with Crippen molar-refractivity contribution in [3.8, 4) is 0 Å². The highest BCUT2D eigenvalue weighted by Gasteiger charge is 2.34. The van der Waals surface area contributed by atoms with E-state index in [9.17, 15) is 9.59 Å². The average molecular weight is 372 g/mol. The minimum Gasteiger partial charge on any atom is -0.354 e. The first-order valence-electron chi connectivity index (χ1n) is 8.82. The lowest BCUT2D eigenvalue weighted by molar-refractivity contribution is -0.129. The number of hydrogen-bond acceptors (Lipinski definition) is 4. The number of likely N-dealkylation sites (tertiary alicyclic amines) is 1. The molecule has 0 unspecified atom stereocenters. The van der Waals surface area contributed by atoms with Crippen LogP contribution in [0.4, 0.5) is 0 Å². The van der Waals surface area contributed by atoms with Gasteiger partial charge in [0.2, 0.25) is 11.8 Å². The summed E-state index contributed by atoms with van der Waals surface area (Å²) in [5, 5.41) is 7.20. The molecule has 0 saturated carbocycles. The van der Waals surface area contributed by atoms with E-state index in [1.165, 1.54) is 5.56 Å². The zero-order valence-corrected chi connectivity index (χ0v) is 16.0. The predicted octanol–water partition coefficient (Wildman–Crippen LogP) is 2.52. The molecule has 2 aromatic rings. The summed E-state index contributed by atoms with van der Waals surface area (Å²) in [7, 11) is 4.02. The lowest BCUT2D eigenvalue weighted by Gasteiger charge is -2.24. The molecule has 138 valence electrons. The van der Waals surface area contributed by atoms with E-state index in [1.807, 2.05) is 49.8 Å². The fraction of sp³-hybridized carbons (Fsp3) is 0.400. The molecular formula is C20H25N3O2S. The van der Waals surface area contributed by atoms with E-state index in [0.29, 0.717) is 26.1 Å². The SMILES string of the molecule is CN(C)[C@@H](CNC(=O)[C@H]1CC(=O)N(Cc2ccccc2)C1)c1ccsc1. The molecule has 1 aliphatic heterocycles. The largest absolute Gasteiger partial charge is 0.354 e. The molecule has 1 N–H and O–H groups in total. The van der Waals surface area contributed by atoms with Crippen molar-refractivity contribution in [3.05, 3.63) is 58.3 Å². The van der Waals surface area contributed by atoms with E-state index in [1.54, 1.807) is 16.2 Å². The second-order valence-corrected chi connectivity index (χ2v) is 7.72. The first kappa shape index (κ1) is 18.6. The van der Waals surface area contributed by atoms with Crippen LogP contribution in [-0.2, 0) is 16.1 Å². The third-order valence-electron chi connectivity index (χ3n) is 4.82. The Hall–Kier alpha value is -2.18. The number of likely N-dealkylation sites (N-methyl/N-ethyl adjacent to an activating group) is 1. The van der Waals surface area contributed by atoms with Crippen LogP contribution in [0.3, 0.4) is 0 Å². The van der Waals surface area contributed by atoms with Gasteiger partial charge < -0.3 is 15.1 Å². The van der Waals surface area contributed by atoms with Crippen LogP contribution in [-0.4, -0.2) is 48.8 Å². The van der Waals surface area contributed by atoms with Gasteiger partial charge in [-0.1, -0.05) is 30.3 Å². The lowest BCUT2D eigenvalue weighted by Crippen LogP contribution is -2.38. The van der Waals surface area contributed by atoms with Gasteiger partial charge >= 0.3 is 0 Å². The molecule has 0 radical (unpaired) electrons. The van der Waals surface area contributed by atoms with Crippen LogP contribution in [0.2, 0.25) is 0 Å². The molecule has 5 nitrogen and oxygen atoms in total. The quantitative estimate of drug-likeness (QED) is 0.814. The number of carbonyl (C=O) groups is 2. The molecule has 1 aromatic heterocycles. The maximum atomic E-state index is 12.6. The van der Waals surface area contributed by atoms with E-state index in [4.69, 9.17) is 0 Å². The Bertz CT molecular complexity index is 731. The smallest absolute Gasteiger partial charge is 0.225 e. The second-order valence-electron chi connectivity index (χ2n) is 6.94. The van der Waals surface area contributed by atoms with Gasteiger partial charge in [0.15, 0.2) is 0 Å². The van der Waals surface area contributed by atoms with E-state index in [-0.39, 0.29) is 23.8 Å². The maximum absolute atomic E-state index is 12.6. The highest BCUT2D eigenvalue weighted by atomic mass is 32.1. The van der Waals surface area contributed by atoms with Crippen LogP contribution >= 0.6 is 11.3 Å². The summed E-state index contributed by atoms with van der Waals surface area (Å²) in [6.45, 7) is 1.61. The first-order chi connectivity index (χ1) is 12.5. The number of rotatable bonds is 7. The molecule has 0 bridgehead atoms. The van der Waals surface area contributed by atoms with Gasteiger partial charge in [-0.2, -0.15) is 11.3 Å². The number of hydrogen-bond donors (Lipinski definition) is 1. The van der Waals surface area contributed by atoms with Crippen LogP contribution in [0.15, 0.2) is 47.2 Å². The third kappa shape index (κ3) is 4.51. The molecule has 2 heterocycles. The topological polar surface area (TPSA) is 52.7 Å². The fourth-order valence-electron chi connectivity index (χ4n) is 3.31. The molecule has 1 fully saturated rings. The van der Waals surface area contributed by atoms with Crippen molar-refractivity contribution in [1.29, 1.82) is 0 Å². The van der Waals surface area contributed by atoms with E-state index < -0.39 is 0 Å². The number of carbonyl (C=O) groups excluding carboxylic acids is 2. The number of amides is 2. The molecule has 6 heteroatoms. The van der Waals surface area contributed by atoms with Crippen LogP contribution in [0.25, 0.3) is 0 Å². The number of nitrogens with zero attached hydrogens (tertiary/aromatic N) is 2. The van der Waals surface area contributed by atoms with Crippen molar-refractivity contribution < 1.29 is 9.59 Å². The summed E-state index contributed by atoms with van der Waals surface area (Å²) >= 11 is 1.66. The summed E-state index contributed by atoms with van der Waals surface area (Å²) < 4.78 is 0.